The van der Waals surface area contributed by atoms with E-state index in [0.29, 0.717) is 16.9 Å². The number of carbonyl (C=O) groups is 1. The quantitative estimate of drug-likeness (QED) is 0.799. The van der Waals surface area contributed by atoms with E-state index >= 15 is 0 Å². The Balaban J connectivity index is 2.11. The van der Waals surface area contributed by atoms with Gasteiger partial charge in [-0.2, -0.15) is 5.26 Å². The van der Waals surface area contributed by atoms with Gasteiger partial charge in [0, 0.05) is 5.56 Å². The molecule has 0 radical (unpaired) electrons. The van der Waals surface area contributed by atoms with Crippen molar-refractivity contribution in [3.8, 4) is 11.8 Å². The Kier molecular flexibility index (Phi) is 4.39. The van der Waals surface area contributed by atoms with Crippen molar-refractivity contribution < 1.29 is 9.53 Å². The van der Waals surface area contributed by atoms with Gasteiger partial charge < -0.3 is 4.74 Å². The van der Waals surface area contributed by atoms with Gasteiger partial charge in [-0.1, -0.05) is 12.1 Å². The maximum atomic E-state index is 12.4. The Bertz CT molecular complexity index is 696. The molecule has 21 heavy (non-hydrogen) atoms. The highest BCUT2D eigenvalue weighted by atomic mass is 16.5. The monoisotopic (exact) mass is 279 g/mol. The van der Waals surface area contributed by atoms with E-state index in [4.69, 9.17) is 10.00 Å². The molecule has 2 aromatic rings. The highest BCUT2D eigenvalue weighted by Crippen LogP contribution is 2.17. The van der Waals surface area contributed by atoms with Crippen LogP contribution in [0.3, 0.4) is 0 Å². The van der Waals surface area contributed by atoms with E-state index in [1.807, 2.05) is 38.1 Å². The molecular formula is C18H17NO2. The van der Waals surface area contributed by atoms with E-state index in [1.165, 1.54) is 0 Å². The number of Topliss-reactive ketones (excluding diaryl/α,β-unsaturated/α-hetero) is 1. The number of hydrogen-bond acceptors (Lipinski definition) is 3. The molecule has 1 atom stereocenters. The van der Waals surface area contributed by atoms with Crippen LogP contribution in [0.25, 0.3) is 0 Å². The van der Waals surface area contributed by atoms with E-state index in [9.17, 15) is 4.79 Å². The molecular weight excluding hydrogens is 262 g/mol. The highest BCUT2D eigenvalue weighted by Gasteiger charge is 2.17. The topological polar surface area (TPSA) is 50.1 Å². The molecule has 0 saturated heterocycles. The highest BCUT2D eigenvalue weighted by molar-refractivity contribution is 5.99. The Morgan fingerprint density at radius 1 is 1.10 bits per heavy atom. The number of nitriles is 1. The second-order valence-corrected chi connectivity index (χ2v) is 5.06. The first kappa shape index (κ1) is 14.8. The molecule has 3 heteroatoms. The molecule has 0 saturated carbocycles. The SMILES string of the molecule is Cc1ccc(C(=O)[C@@H](C)Oc2ccc(C#N)cc2)cc1C. The molecule has 0 aliphatic rings. The zero-order valence-electron chi connectivity index (χ0n) is 12.4. The third kappa shape index (κ3) is 3.49. The second kappa shape index (κ2) is 6.23. The van der Waals surface area contributed by atoms with Crippen molar-refractivity contribution >= 4 is 5.78 Å². The number of ketones is 1. The van der Waals surface area contributed by atoms with E-state index in [2.05, 4.69) is 0 Å². The van der Waals surface area contributed by atoms with Crippen LogP contribution < -0.4 is 4.74 Å². The van der Waals surface area contributed by atoms with Crippen molar-refractivity contribution in [2.75, 3.05) is 0 Å². The van der Waals surface area contributed by atoms with Gasteiger partial charge in [0.25, 0.3) is 0 Å². The molecule has 0 unspecified atom stereocenters. The third-order valence-electron chi connectivity index (χ3n) is 3.46. The van der Waals surface area contributed by atoms with Crippen LogP contribution in [0.5, 0.6) is 5.75 Å². The maximum Gasteiger partial charge on any atom is 0.203 e. The first-order chi connectivity index (χ1) is 10.0. The summed E-state index contributed by atoms with van der Waals surface area (Å²) < 4.78 is 5.64. The molecule has 2 aromatic carbocycles. The minimum Gasteiger partial charge on any atom is -0.483 e. The second-order valence-electron chi connectivity index (χ2n) is 5.06. The zero-order chi connectivity index (χ0) is 15.4. The number of hydrogen-bond donors (Lipinski definition) is 0. The van der Waals surface area contributed by atoms with Crippen LogP contribution in [0.15, 0.2) is 42.5 Å². The van der Waals surface area contributed by atoms with Crippen LogP contribution in [0, 0.1) is 25.2 Å². The summed E-state index contributed by atoms with van der Waals surface area (Å²) in [5.74, 6) is 0.529. The fourth-order valence-corrected chi connectivity index (χ4v) is 2.00. The van der Waals surface area contributed by atoms with Gasteiger partial charge in [-0.3, -0.25) is 4.79 Å². The molecule has 0 heterocycles. The minimum atomic E-state index is -0.569. The van der Waals surface area contributed by atoms with E-state index < -0.39 is 6.10 Å². The molecule has 3 nitrogen and oxygen atoms in total. The Labute approximate surface area is 124 Å². The number of nitrogens with zero attached hydrogens (tertiary/aromatic N) is 1. The molecule has 2 rings (SSSR count). The maximum absolute atomic E-state index is 12.4. The predicted octanol–water partition coefficient (Wildman–Crippen LogP) is 3.83. The molecule has 0 amide bonds. The Morgan fingerprint density at radius 2 is 1.76 bits per heavy atom. The summed E-state index contributed by atoms with van der Waals surface area (Å²) in [7, 11) is 0. The van der Waals surface area contributed by atoms with Crippen LogP contribution >= 0.6 is 0 Å². The van der Waals surface area contributed by atoms with Gasteiger partial charge >= 0.3 is 0 Å². The molecule has 0 bridgehead atoms. The number of aryl methyl sites for hydroxylation is 2. The predicted molar refractivity (Wildman–Crippen MR) is 81.5 cm³/mol. The van der Waals surface area contributed by atoms with Crippen molar-refractivity contribution in [1.82, 2.24) is 0 Å². The number of benzene rings is 2. The summed E-state index contributed by atoms with van der Waals surface area (Å²) in [5.41, 5.74) is 3.47. The lowest BCUT2D eigenvalue weighted by atomic mass is 10.0. The van der Waals surface area contributed by atoms with Crippen molar-refractivity contribution in [3.05, 3.63) is 64.7 Å². The van der Waals surface area contributed by atoms with Gasteiger partial charge in [0.05, 0.1) is 11.6 Å². The van der Waals surface area contributed by atoms with Crippen molar-refractivity contribution in [2.45, 2.75) is 26.9 Å². The normalized spacial score (nSPS) is 11.5. The van der Waals surface area contributed by atoms with Crippen molar-refractivity contribution in [3.63, 3.8) is 0 Å². The summed E-state index contributed by atoms with van der Waals surface area (Å²) in [5, 5.41) is 8.75. The van der Waals surface area contributed by atoms with Crippen molar-refractivity contribution in [1.29, 1.82) is 5.26 Å². The Morgan fingerprint density at radius 3 is 2.33 bits per heavy atom. The van der Waals surface area contributed by atoms with Crippen LogP contribution in [0.2, 0.25) is 0 Å². The van der Waals surface area contributed by atoms with Gasteiger partial charge in [-0.15, -0.1) is 0 Å². The summed E-state index contributed by atoms with van der Waals surface area (Å²) in [6.45, 7) is 5.73. The first-order valence-electron chi connectivity index (χ1n) is 6.79. The summed E-state index contributed by atoms with van der Waals surface area (Å²) in [6.07, 6.45) is -0.569. The van der Waals surface area contributed by atoms with Crippen molar-refractivity contribution in [2.24, 2.45) is 0 Å². The summed E-state index contributed by atoms with van der Waals surface area (Å²) in [6, 6.07) is 14.4. The average Bonchev–Trinajstić information content (AvgIpc) is 2.50. The average molecular weight is 279 g/mol. The first-order valence-corrected chi connectivity index (χ1v) is 6.79. The third-order valence-corrected chi connectivity index (χ3v) is 3.46. The van der Waals surface area contributed by atoms with Crippen LogP contribution in [-0.4, -0.2) is 11.9 Å². The minimum absolute atomic E-state index is 0.0533. The molecule has 0 spiro atoms. The number of rotatable bonds is 4. The van der Waals surface area contributed by atoms with Gasteiger partial charge in [0.1, 0.15) is 5.75 Å². The van der Waals surface area contributed by atoms with Crippen LogP contribution in [-0.2, 0) is 0 Å². The smallest absolute Gasteiger partial charge is 0.203 e. The van der Waals surface area contributed by atoms with Crippen LogP contribution in [0.4, 0.5) is 0 Å². The zero-order valence-corrected chi connectivity index (χ0v) is 12.4. The van der Waals surface area contributed by atoms with E-state index in [0.717, 1.165) is 11.1 Å². The molecule has 0 N–H and O–H groups in total. The molecule has 0 fully saturated rings. The molecule has 0 aliphatic heterocycles. The van der Waals surface area contributed by atoms with Gasteiger partial charge in [0.2, 0.25) is 5.78 Å². The number of carbonyl (C=O) groups excluding carboxylic acids is 1. The Hall–Kier alpha value is -2.60. The van der Waals surface area contributed by atoms with Gasteiger partial charge in [-0.05, 0) is 62.2 Å². The van der Waals surface area contributed by atoms with Crippen LogP contribution in [0.1, 0.15) is 34.0 Å². The lowest BCUT2D eigenvalue weighted by Gasteiger charge is -2.14. The molecule has 106 valence electrons. The lowest BCUT2D eigenvalue weighted by Crippen LogP contribution is -2.24. The fourth-order valence-electron chi connectivity index (χ4n) is 2.00. The summed E-state index contributed by atoms with van der Waals surface area (Å²) in [4.78, 5) is 12.4. The number of ether oxygens (including phenoxy) is 1. The van der Waals surface area contributed by atoms with Gasteiger partial charge in [-0.25, -0.2) is 0 Å². The lowest BCUT2D eigenvalue weighted by molar-refractivity contribution is 0.0818. The van der Waals surface area contributed by atoms with E-state index in [-0.39, 0.29) is 5.78 Å². The largest absolute Gasteiger partial charge is 0.483 e. The molecule has 0 aromatic heterocycles. The van der Waals surface area contributed by atoms with E-state index in [1.54, 1.807) is 31.2 Å². The fraction of sp³-hybridized carbons (Fsp3) is 0.222. The van der Waals surface area contributed by atoms with Gasteiger partial charge in [0.15, 0.2) is 6.10 Å². The standard InChI is InChI=1S/C18H17NO2/c1-12-4-7-16(10-13(12)2)18(20)14(3)21-17-8-5-15(11-19)6-9-17/h4-10,14H,1-3H3/t14-/m1/s1. The molecule has 0 aliphatic carbocycles. The summed E-state index contributed by atoms with van der Waals surface area (Å²) >= 11 is 0.